The first kappa shape index (κ1) is 13.1. The number of hydrogen-bond donors (Lipinski definition) is 2. The van der Waals surface area contributed by atoms with Crippen molar-refractivity contribution in [3.63, 3.8) is 0 Å². The number of carbonyl (C=O) groups is 1. The summed E-state index contributed by atoms with van der Waals surface area (Å²) >= 11 is 1.87. The SMILES string of the molecule is Cc1ncn(CC(O)CC(=O)O)c(=O)c1I. The predicted molar refractivity (Wildman–Crippen MR) is 64.2 cm³/mol. The minimum atomic E-state index is -1.10. The standard InChI is InChI=1S/C9H11IN2O4/c1-5-8(10)9(16)12(4-11-5)3-6(13)2-7(14)15/h4,6,13H,2-3H2,1H3,(H,14,15). The van der Waals surface area contributed by atoms with Crippen LogP contribution in [0.25, 0.3) is 0 Å². The molecule has 0 aliphatic carbocycles. The third-order valence-corrected chi connectivity index (χ3v) is 3.22. The Labute approximate surface area is 105 Å². The molecule has 0 aromatic carbocycles. The molecule has 0 saturated carbocycles. The number of rotatable bonds is 4. The van der Waals surface area contributed by atoms with E-state index in [-0.39, 0.29) is 12.1 Å². The maximum atomic E-state index is 11.7. The van der Waals surface area contributed by atoms with Crippen LogP contribution in [0.3, 0.4) is 0 Å². The highest BCUT2D eigenvalue weighted by Crippen LogP contribution is 2.02. The molecular weight excluding hydrogens is 327 g/mol. The molecule has 0 aliphatic heterocycles. The number of carboxylic acids is 1. The first-order valence-corrected chi connectivity index (χ1v) is 5.61. The van der Waals surface area contributed by atoms with Gasteiger partial charge in [0.1, 0.15) is 0 Å². The summed E-state index contributed by atoms with van der Waals surface area (Å²) in [7, 11) is 0. The van der Waals surface area contributed by atoms with Crippen molar-refractivity contribution >= 4 is 28.6 Å². The van der Waals surface area contributed by atoms with Crippen LogP contribution in [0.2, 0.25) is 0 Å². The molecule has 1 rings (SSSR count). The summed E-state index contributed by atoms with van der Waals surface area (Å²) in [6.07, 6.45) is -0.169. The highest BCUT2D eigenvalue weighted by molar-refractivity contribution is 14.1. The third-order valence-electron chi connectivity index (χ3n) is 1.97. The second-order valence-electron chi connectivity index (χ2n) is 3.35. The summed E-state index contributed by atoms with van der Waals surface area (Å²) < 4.78 is 1.69. The lowest BCUT2D eigenvalue weighted by Gasteiger charge is -2.10. The van der Waals surface area contributed by atoms with Crippen molar-refractivity contribution < 1.29 is 15.0 Å². The second-order valence-corrected chi connectivity index (χ2v) is 4.43. The highest BCUT2D eigenvalue weighted by Gasteiger charge is 2.12. The van der Waals surface area contributed by atoms with Gasteiger partial charge in [0.2, 0.25) is 0 Å². The molecule has 0 spiro atoms. The molecule has 88 valence electrons. The Morgan fingerprint density at radius 1 is 1.69 bits per heavy atom. The Kier molecular flexibility index (Phi) is 4.42. The van der Waals surface area contributed by atoms with Crippen molar-refractivity contribution in [3.8, 4) is 0 Å². The molecule has 6 nitrogen and oxygen atoms in total. The van der Waals surface area contributed by atoms with Gasteiger partial charge in [0.25, 0.3) is 5.56 Å². The Morgan fingerprint density at radius 2 is 2.31 bits per heavy atom. The monoisotopic (exact) mass is 338 g/mol. The number of carboxylic acid groups (broad SMARTS) is 1. The van der Waals surface area contributed by atoms with Gasteiger partial charge in [-0.2, -0.15) is 0 Å². The molecule has 1 atom stereocenters. The largest absolute Gasteiger partial charge is 0.481 e. The molecule has 2 N–H and O–H groups in total. The molecule has 0 aliphatic rings. The fourth-order valence-corrected chi connectivity index (χ4v) is 1.62. The molecule has 1 aromatic rings. The van der Waals surface area contributed by atoms with Gasteiger partial charge in [0, 0.05) is 0 Å². The summed E-state index contributed by atoms with van der Waals surface area (Å²) in [6, 6.07) is 0. The van der Waals surface area contributed by atoms with Crippen molar-refractivity contribution in [1.29, 1.82) is 0 Å². The zero-order valence-electron chi connectivity index (χ0n) is 8.55. The molecule has 0 amide bonds. The molecule has 1 heterocycles. The van der Waals surface area contributed by atoms with Crippen molar-refractivity contribution in [1.82, 2.24) is 9.55 Å². The lowest BCUT2D eigenvalue weighted by atomic mass is 10.2. The maximum absolute atomic E-state index is 11.7. The lowest BCUT2D eigenvalue weighted by Crippen LogP contribution is -2.30. The van der Waals surface area contributed by atoms with Crippen LogP contribution in [-0.2, 0) is 11.3 Å². The van der Waals surface area contributed by atoms with Crippen LogP contribution >= 0.6 is 22.6 Å². The zero-order chi connectivity index (χ0) is 12.3. The summed E-state index contributed by atoms with van der Waals surface area (Å²) in [5, 5.41) is 17.9. The fourth-order valence-electron chi connectivity index (χ4n) is 1.17. The number of aliphatic carboxylic acids is 1. The van der Waals surface area contributed by atoms with E-state index in [1.54, 1.807) is 6.92 Å². The van der Waals surface area contributed by atoms with Crippen molar-refractivity contribution in [2.24, 2.45) is 0 Å². The molecular formula is C9H11IN2O4. The number of hydrogen-bond acceptors (Lipinski definition) is 4. The molecule has 7 heteroatoms. The van der Waals surface area contributed by atoms with E-state index >= 15 is 0 Å². The quantitative estimate of drug-likeness (QED) is 0.754. The van der Waals surface area contributed by atoms with Crippen molar-refractivity contribution in [2.45, 2.75) is 26.0 Å². The van der Waals surface area contributed by atoms with Gasteiger partial charge in [-0.1, -0.05) is 0 Å². The summed E-state index contributed by atoms with van der Waals surface area (Å²) in [6.45, 7) is 1.65. The summed E-state index contributed by atoms with van der Waals surface area (Å²) in [5.74, 6) is -1.10. The van der Waals surface area contributed by atoms with Gasteiger partial charge >= 0.3 is 5.97 Å². The average Bonchev–Trinajstić information content (AvgIpc) is 2.18. The molecule has 1 aromatic heterocycles. The first-order valence-electron chi connectivity index (χ1n) is 4.53. The van der Waals surface area contributed by atoms with Crippen molar-refractivity contribution in [3.05, 3.63) is 25.9 Å². The van der Waals surface area contributed by atoms with Crippen LogP contribution < -0.4 is 5.56 Å². The molecule has 0 bridgehead atoms. The van der Waals surface area contributed by atoms with E-state index < -0.39 is 18.5 Å². The topological polar surface area (TPSA) is 92.4 Å². The van der Waals surface area contributed by atoms with Crippen LogP contribution in [0.1, 0.15) is 12.1 Å². The smallest absolute Gasteiger partial charge is 0.306 e. The first-order chi connectivity index (χ1) is 7.41. The minimum absolute atomic E-state index is 0.0611. The van der Waals surface area contributed by atoms with Gasteiger partial charge in [0.15, 0.2) is 0 Å². The van der Waals surface area contributed by atoms with Gasteiger partial charge in [-0.15, -0.1) is 0 Å². The van der Waals surface area contributed by atoms with E-state index in [0.29, 0.717) is 9.26 Å². The van der Waals surface area contributed by atoms with Gasteiger partial charge in [-0.3, -0.25) is 14.2 Å². The summed E-state index contributed by atoms with van der Waals surface area (Å²) in [4.78, 5) is 26.0. The summed E-state index contributed by atoms with van der Waals surface area (Å²) in [5.41, 5.74) is 0.354. The molecule has 0 fully saturated rings. The molecule has 16 heavy (non-hydrogen) atoms. The Balaban J connectivity index is 2.86. The molecule has 0 saturated heterocycles. The third kappa shape index (κ3) is 3.27. The lowest BCUT2D eigenvalue weighted by molar-refractivity contribution is -0.139. The predicted octanol–water partition coefficient (Wildman–Crippen LogP) is -0.00808. The van der Waals surface area contributed by atoms with Crippen LogP contribution in [0.4, 0.5) is 0 Å². The number of aliphatic hydroxyl groups excluding tert-OH is 1. The van der Waals surface area contributed by atoms with Crippen LogP contribution in [-0.4, -0.2) is 31.8 Å². The van der Waals surface area contributed by atoms with E-state index in [2.05, 4.69) is 4.98 Å². The van der Waals surface area contributed by atoms with E-state index in [1.807, 2.05) is 22.6 Å². The molecule has 0 radical (unpaired) electrons. The zero-order valence-corrected chi connectivity index (χ0v) is 10.7. The van der Waals surface area contributed by atoms with E-state index in [4.69, 9.17) is 5.11 Å². The van der Waals surface area contributed by atoms with E-state index in [1.165, 1.54) is 10.9 Å². The number of aryl methyl sites for hydroxylation is 1. The van der Waals surface area contributed by atoms with Gasteiger partial charge in [-0.25, -0.2) is 4.98 Å². The van der Waals surface area contributed by atoms with Crippen LogP contribution in [0.5, 0.6) is 0 Å². The van der Waals surface area contributed by atoms with Crippen molar-refractivity contribution in [2.75, 3.05) is 0 Å². The normalized spacial score (nSPS) is 12.4. The Bertz CT molecular complexity index is 457. The van der Waals surface area contributed by atoms with Crippen LogP contribution in [0, 0.1) is 10.5 Å². The van der Waals surface area contributed by atoms with E-state index in [9.17, 15) is 14.7 Å². The maximum Gasteiger partial charge on any atom is 0.306 e. The highest BCUT2D eigenvalue weighted by atomic mass is 127. The number of aliphatic hydroxyl groups is 1. The van der Waals surface area contributed by atoms with Gasteiger partial charge < -0.3 is 10.2 Å². The number of nitrogens with zero attached hydrogens (tertiary/aromatic N) is 2. The average molecular weight is 338 g/mol. The fraction of sp³-hybridized carbons (Fsp3) is 0.444. The van der Waals surface area contributed by atoms with Gasteiger partial charge in [0.05, 0.1) is 34.7 Å². The number of halogens is 1. The minimum Gasteiger partial charge on any atom is -0.481 e. The number of aromatic nitrogens is 2. The molecule has 1 unspecified atom stereocenters. The van der Waals surface area contributed by atoms with Crippen LogP contribution in [0.15, 0.2) is 11.1 Å². The van der Waals surface area contributed by atoms with Gasteiger partial charge in [-0.05, 0) is 29.5 Å². The van der Waals surface area contributed by atoms with E-state index in [0.717, 1.165) is 0 Å². The Morgan fingerprint density at radius 3 is 2.88 bits per heavy atom. The Hall–Kier alpha value is -0.960. The second kappa shape index (κ2) is 5.39.